The van der Waals surface area contributed by atoms with Crippen LogP contribution in [0, 0.1) is 6.92 Å². The Bertz CT molecular complexity index is 881. The van der Waals surface area contributed by atoms with Gasteiger partial charge in [-0.05, 0) is 57.4 Å². The van der Waals surface area contributed by atoms with E-state index in [4.69, 9.17) is 14.5 Å². The van der Waals surface area contributed by atoms with Crippen molar-refractivity contribution in [2.24, 2.45) is 4.99 Å². The lowest BCUT2D eigenvalue weighted by molar-refractivity contribution is -0.00545. The van der Waals surface area contributed by atoms with Crippen molar-refractivity contribution in [2.45, 2.75) is 52.9 Å². The maximum atomic E-state index is 5.82. The van der Waals surface area contributed by atoms with Gasteiger partial charge in [-0.15, -0.1) is 24.0 Å². The summed E-state index contributed by atoms with van der Waals surface area (Å²) in [4.78, 5) is 11.7. The molecule has 1 aromatic heterocycles. The first-order valence-electron chi connectivity index (χ1n) is 11.5. The van der Waals surface area contributed by atoms with Crippen LogP contribution in [0.25, 0.3) is 0 Å². The number of morpholine rings is 1. The number of anilines is 1. The number of guanidine groups is 1. The Morgan fingerprint density at radius 3 is 2.58 bits per heavy atom. The van der Waals surface area contributed by atoms with Crippen LogP contribution in [0.4, 0.5) is 5.82 Å². The van der Waals surface area contributed by atoms with E-state index in [9.17, 15) is 0 Å². The summed E-state index contributed by atoms with van der Waals surface area (Å²) in [5.41, 5.74) is 3.52. The molecular formula is C25H38IN5O2. The summed E-state index contributed by atoms with van der Waals surface area (Å²) in [5.74, 6) is 2.73. The highest BCUT2D eigenvalue weighted by Crippen LogP contribution is 2.20. The molecule has 1 aromatic carbocycles. The van der Waals surface area contributed by atoms with Crippen molar-refractivity contribution in [2.75, 3.05) is 38.2 Å². The minimum Gasteiger partial charge on any atom is -0.496 e. The van der Waals surface area contributed by atoms with Gasteiger partial charge < -0.3 is 25.0 Å². The molecule has 0 bridgehead atoms. The van der Waals surface area contributed by atoms with Crippen LogP contribution < -0.4 is 20.3 Å². The molecule has 1 fully saturated rings. The molecule has 2 heterocycles. The van der Waals surface area contributed by atoms with E-state index in [1.165, 1.54) is 11.1 Å². The quantitative estimate of drug-likeness (QED) is 0.286. The molecule has 0 spiro atoms. The Morgan fingerprint density at radius 1 is 1.18 bits per heavy atom. The molecule has 2 aromatic rings. The van der Waals surface area contributed by atoms with Gasteiger partial charge in [-0.1, -0.05) is 23.8 Å². The van der Waals surface area contributed by atoms with Gasteiger partial charge in [-0.3, -0.25) is 0 Å². The van der Waals surface area contributed by atoms with Crippen molar-refractivity contribution in [3.63, 3.8) is 0 Å². The van der Waals surface area contributed by atoms with Gasteiger partial charge in [-0.2, -0.15) is 0 Å². The maximum Gasteiger partial charge on any atom is 0.191 e. The van der Waals surface area contributed by atoms with Gasteiger partial charge in [0.2, 0.25) is 0 Å². The number of methoxy groups -OCH3 is 1. The second-order valence-corrected chi connectivity index (χ2v) is 8.37. The normalized spacial score (nSPS) is 18.5. The number of rotatable bonds is 8. The number of benzene rings is 1. The third-order valence-electron chi connectivity index (χ3n) is 5.44. The molecule has 7 nitrogen and oxygen atoms in total. The van der Waals surface area contributed by atoms with Crippen LogP contribution in [0.2, 0.25) is 0 Å². The SMILES string of the molecule is CCNC(=NCc1ccc(N2CC(C)OC(C)C2)nc1)NCCc1cc(C)ccc1OC.I. The van der Waals surface area contributed by atoms with Crippen molar-refractivity contribution >= 4 is 35.8 Å². The molecule has 182 valence electrons. The molecule has 1 saturated heterocycles. The van der Waals surface area contributed by atoms with Crippen molar-refractivity contribution in [1.29, 1.82) is 0 Å². The van der Waals surface area contributed by atoms with Gasteiger partial charge in [0.1, 0.15) is 11.6 Å². The number of halogens is 1. The number of nitrogens with one attached hydrogen (secondary N) is 2. The molecule has 33 heavy (non-hydrogen) atoms. The first-order chi connectivity index (χ1) is 15.5. The Morgan fingerprint density at radius 2 is 1.94 bits per heavy atom. The summed E-state index contributed by atoms with van der Waals surface area (Å²) < 4.78 is 11.3. The molecule has 3 rings (SSSR count). The predicted octanol–water partition coefficient (Wildman–Crippen LogP) is 3.93. The van der Waals surface area contributed by atoms with Crippen LogP contribution in [-0.4, -0.2) is 56.4 Å². The number of nitrogens with zero attached hydrogens (tertiary/aromatic N) is 3. The fraction of sp³-hybridized carbons (Fsp3) is 0.520. The monoisotopic (exact) mass is 567 g/mol. The lowest BCUT2D eigenvalue weighted by atomic mass is 10.1. The summed E-state index contributed by atoms with van der Waals surface area (Å²) in [5, 5.41) is 6.74. The molecule has 2 N–H and O–H groups in total. The van der Waals surface area contributed by atoms with Crippen LogP contribution in [0.3, 0.4) is 0 Å². The van der Waals surface area contributed by atoms with E-state index >= 15 is 0 Å². The minimum atomic E-state index is 0. The van der Waals surface area contributed by atoms with E-state index in [1.807, 2.05) is 12.3 Å². The van der Waals surface area contributed by atoms with Gasteiger partial charge in [-0.25, -0.2) is 9.98 Å². The van der Waals surface area contributed by atoms with Gasteiger partial charge in [0, 0.05) is 32.4 Å². The third-order valence-corrected chi connectivity index (χ3v) is 5.44. The minimum absolute atomic E-state index is 0. The fourth-order valence-corrected chi connectivity index (χ4v) is 3.99. The highest BCUT2D eigenvalue weighted by Gasteiger charge is 2.22. The standard InChI is InChI=1S/C25H37N5O2.HI/c1-6-26-25(27-12-11-22-13-18(2)7-9-23(22)31-5)29-15-21-8-10-24(28-14-21)30-16-19(3)32-20(4)17-30;/h7-10,13-14,19-20H,6,11-12,15-17H2,1-5H3,(H2,26,27,29);1H. The van der Waals surface area contributed by atoms with E-state index < -0.39 is 0 Å². The third kappa shape index (κ3) is 8.33. The first kappa shape index (κ1) is 27.2. The molecule has 1 aliphatic rings. The first-order valence-corrected chi connectivity index (χ1v) is 11.5. The summed E-state index contributed by atoms with van der Waals surface area (Å²) in [7, 11) is 1.71. The Hall–Kier alpha value is -2.07. The van der Waals surface area contributed by atoms with E-state index in [0.29, 0.717) is 6.54 Å². The fourth-order valence-electron chi connectivity index (χ4n) is 3.99. The van der Waals surface area contributed by atoms with E-state index in [2.05, 4.69) is 72.5 Å². The van der Waals surface area contributed by atoms with Crippen molar-refractivity contribution in [3.8, 4) is 5.75 Å². The van der Waals surface area contributed by atoms with Crippen molar-refractivity contribution < 1.29 is 9.47 Å². The van der Waals surface area contributed by atoms with E-state index in [0.717, 1.165) is 55.7 Å². The number of ether oxygens (including phenoxy) is 2. The zero-order valence-electron chi connectivity index (χ0n) is 20.4. The highest BCUT2D eigenvalue weighted by atomic mass is 127. The molecule has 0 saturated carbocycles. The lowest BCUT2D eigenvalue weighted by Gasteiger charge is -2.36. The molecule has 2 unspecified atom stereocenters. The Balaban J connectivity index is 0.00000385. The average Bonchev–Trinajstić information content (AvgIpc) is 2.77. The summed E-state index contributed by atoms with van der Waals surface area (Å²) >= 11 is 0. The Labute approximate surface area is 215 Å². The summed E-state index contributed by atoms with van der Waals surface area (Å²) in [6.07, 6.45) is 3.23. The highest BCUT2D eigenvalue weighted by molar-refractivity contribution is 14.0. The zero-order chi connectivity index (χ0) is 22.9. The largest absolute Gasteiger partial charge is 0.496 e. The van der Waals surface area contributed by atoms with Gasteiger partial charge >= 0.3 is 0 Å². The predicted molar refractivity (Wildman–Crippen MR) is 146 cm³/mol. The molecule has 8 heteroatoms. The smallest absolute Gasteiger partial charge is 0.191 e. The van der Waals surface area contributed by atoms with Crippen LogP contribution in [0.1, 0.15) is 37.5 Å². The number of aromatic nitrogens is 1. The second kappa shape index (κ2) is 13.6. The van der Waals surface area contributed by atoms with Gasteiger partial charge in [0.05, 0.1) is 25.9 Å². The van der Waals surface area contributed by atoms with Crippen molar-refractivity contribution in [1.82, 2.24) is 15.6 Å². The van der Waals surface area contributed by atoms with Crippen molar-refractivity contribution in [3.05, 3.63) is 53.2 Å². The van der Waals surface area contributed by atoms with Crippen LogP contribution in [0.5, 0.6) is 5.75 Å². The van der Waals surface area contributed by atoms with E-state index in [1.54, 1.807) is 7.11 Å². The average molecular weight is 568 g/mol. The topological polar surface area (TPSA) is 71.0 Å². The lowest BCUT2D eigenvalue weighted by Crippen LogP contribution is -2.45. The summed E-state index contributed by atoms with van der Waals surface area (Å²) in [6.45, 7) is 12.3. The number of pyridine rings is 1. The van der Waals surface area contributed by atoms with Crippen LogP contribution in [0.15, 0.2) is 41.5 Å². The molecule has 1 aliphatic heterocycles. The molecule has 0 radical (unpaired) electrons. The van der Waals surface area contributed by atoms with Crippen LogP contribution >= 0.6 is 24.0 Å². The van der Waals surface area contributed by atoms with Crippen LogP contribution in [-0.2, 0) is 17.7 Å². The zero-order valence-corrected chi connectivity index (χ0v) is 22.8. The number of hydrogen-bond acceptors (Lipinski definition) is 5. The number of aryl methyl sites for hydroxylation is 1. The molecular weight excluding hydrogens is 529 g/mol. The maximum absolute atomic E-state index is 5.82. The second-order valence-electron chi connectivity index (χ2n) is 8.37. The number of hydrogen-bond donors (Lipinski definition) is 2. The Kier molecular flexibility index (Phi) is 11.2. The molecule has 0 amide bonds. The molecule has 2 atom stereocenters. The van der Waals surface area contributed by atoms with Gasteiger partial charge in [0.25, 0.3) is 0 Å². The number of aliphatic imine (C=N–C) groups is 1. The van der Waals surface area contributed by atoms with Gasteiger partial charge in [0.15, 0.2) is 5.96 Å². The molecule has 0 aliphatic carbocycles. The van der Waals surface area contributed by atoms with E-state index in [-0.39, 0.29) is 36.2 Å². The summed E-state index contributed by atoms with van der Waals surface area (Å²) in [6, 6.07) is 10.5.